The van der Waals surface area contributed by atoms with Crippen LogP contribution < -0.4 is 4.90 Å². The number of rotatable bonds is 8. The first-order valence-corrected chi connectivity index (χ1v) is 12.8. The van der Waals surface area contributed by atoms with Gasteiger partial charge in [-0.05, 0) is 67.5 Å². The average Bonchev–Trinajstić information content (AvgIpc) is 2.86. The summed E-state index contributed by atoms with van der Waals surface area (Å²) in [5, 5.41) is 0. The van der Waals surface area contributed by atoms with E-state index in [1.165, 1.54) is 29.8 Å². The molecule has 0 saturated carbocycles. The second-order valence-corrected chi connectivity index (χ2v) is 9.35. The Labute approximate surface area is 199 Å². The lowest BCUT2D eigenvalue weighted by Gasteiger charge is -2.38. The number of fused-ring (bicyclic) bond motifs is 1. The number of carbonyl (C=O) groups is 1. The van der Waals surface area contributed by atoms with Crippen LogP contribution in [0.2, 0.25) is 0 Å². The molecule has 2 aromatic carbocycles. The van der Waals surface area contributed by atoms with Crippen LogP contribution in [-0.2, 0) is 17.8 Å². The molecule has 1 aliphatic heterocycles. The summed E-state index contributed by atoms with van der Waals surface area (Å²) < 4.78 is 5.76. The first kappa shape index (κ1) is 23.6. The molecule has 1 aliphatic carbocycles. The van der Waals surface area contributed by atoms with Gasteiger partial charge in [0.05, 0.1) is 6.04 Å². The Morgan fingerprint density at radius 1 is 1.03 bits per heavy atom. The van der Waals surface area contributed by atoms with Crippen LogP contribution >= 0.6 is 0 Å². The van der Waals surface area contributed by atoms with Gasteiger partial charge in [-0.3, -0.25) is 4.90 Å². The van der Waals surface area contributed by atoms with Crippen molar-refractivity contribution in [2.24, 2.45) is 0 Å². The lowest BCUT2D eigenvalue weighted by atomic mass is 9.86. The van der Waals surface area contributed by atoms with Gasteiger partial charge in [0.25, 0.3) is 0 Å². The molecule has 0 radical (unpaired) electrons. The van der Waals surface area contributed by atoms with Gasteiger partial charge < -0.3 is 14.5 Å². The molecule has 1 heterocycles. The first-order valence-electron chi connectivity index (χ1n) is 12.8. The highest BCUT2D eigenvalue weighted by atomic mass is 16.6. The van der Waals surface area contributed by atoms with E-state index in [0.717, 1.165) is 64.0 Å². The SMILES string of the molecule is CCCN1CCN(c2ccc3c(c2)C(N(CCC)C(=O)OCc2ccccc2)CCC3)CC1. The summed E-state index contributed by atoms with van der Waals surface area (Å²) in [6, 6.07) is 17.0. The Morgan fingerprint density at radius 3 is 2.55 bits per heavy atom. The number of aryl methyl sites for hydroxylation is 1. The third kappa shape index (κ3) is 5.89. The van der Waals surface area contributed by atoms with E-state index in [1.807, 2.05) is 35.2 Å². The molecule has 1 fully saturated rings. The first-order chi connectivity index (χ1) is 16.2. The zero-order valence-electron chi connectivity index (χ0n) is 20.3. The monoisotopic (exact) mass is 449 g/mol. The van der Waals surface area contributed by atoms with Crippen LogP contribution in [0.25, 0.3) is 0 Å². The fourth-order valence-corrected chi connectivity index (χ4v) is 5.25. The number of piperazine rings is 1. The van der Waals surface area contributed by atoms with Gasteiger partial charge in [0, 0.05) is 38.4 Å². The molecule has 0 bridgehead atoms. The molecule has 1 atom stereocenters. The van der Waals surface area contributed by atoms with Crippen LogP contribution in [0.5, 0.6) is 0 Å². The van der Waals surface area contributed by atoms with Gasteiger partial charge in [0.15, 0.2) is 0 Å². The molecule has 1 saturated heterocycles. The molecule has 5 heteroatoms. The number of anilines is 1. The lowest BCUT2D eigenvalue weighted by Crippen LogP contribution is -2.46. The van der Waals surface area contributed by atoms with Gasteiger partial charge in [-0.15, -0.1) is 0 Å². The van der Waals surface area contributed by atoms with Crippen molar-refractivity contribution in [2.75, 3.05) is 44.2 Å². The molecule has 0 N–H and O–H groups in total. The maximum atomic E-state index is 13.2. The molecule has 2 aliphatic rings. The highest BCUT2D eigenvalue weighted by Crippen LogP contribution is 2.37. The van der Waals surface area contributed by atoms with Crippen molar-refractivity contribution in [3.05, 3.63) is 65.2 Å². The summed E-state index contributed by atoms with van der Waals surface area (Å²) in [6.45, 7) is 11.0. The summed E-state index contributed by atoms with van der Waals surface area (Å²) in [5.41, 5.74) is 5.03. The summed E-state index contributed by atoms with van der Waals surface area (Å²) in [7, 11) is 0. The largest absolute Gasteiger partial charge is 0.445 e. The predicted molar refractivity (Wildman–Crippen MR) is 135 cm³/mol. The minimum atomic E-state index is -0.197. The Kier molecular flexibility index (Phi) is 8.27. The van der Waals surface area contributed by atoms with Crippen LogP contribution in [0, 0.1) is 0 Å². The van der Waals surface area contributed by atoms with Gasteiger partial charge in [-0.2, -0.15) is 0 Å². The fraction of sp³-hybridized carbons (Fsp3) is 0.536. The maximum absolute atomic E-state index is 13.2. The Balaban J connectivity index is 1.49. The molecule has 178 valence electrons. The molecule has 4 rings (SSSR count). The summed E-state index contributed by atoms with van der Waals surface area (Å²) in [5.74, 6) is 0. The van der Waals surface area contributed by atoms with Crippen molar-refractivity contribution in [3.63, 3.8) is 0 Å². The van der Waals surface area contributed by atoms with Crippen molar-refractivity contribution in [2.45, 2.75) is 58.6 Å². The third-order valence-electron chi connectivity index (χ3n) is 6.97. The van der Waals surface area contributed by atoms with E-state index in [9.17, 15) is 4.79 Å². The van der Waals surface area contributed by atoms with Gasteiger partial charge in [-0.1, -0.05) is 50.2 Å². The molecule has 1 unspecified atom stereocenters. The van der Waals surface area contributed by atoms with Crippen LogP contribution in [0.4, 0.5) is 10.5 Å². The van der Waals surface area contributed by atoms with Crippen molar-refractivity contribution < 1.29 is 9.53 Å². The van der Waals surface area contributed by atoms with E-state index in [4.69, 9.17) is 4.74 Å². The van der Waals surface area contributed by atoms with Gasteiger partial charge in [-0.25, -0.2) is 4.79 Å². The third-order valence-corrected chi connectivity index (χ3v) is 6.97. The van der Waals surface area contributed by atoms with E-state index < -0.39 is 0 Å². The zero-order valence-corrected chi connectivity index (χ0v) is 20.3. The average molecular weight is 450 g/mol. The Bertz CT molecular complexity index is 893. The summed E-state index contributed by atoms with van der Waals surface area (Å²) >= 11 is 0. The van der Waals surface area contributed by atoms with Crippen LogP contribution in [0.1, 0.15) is 62.3 Å². The topological polar surface area (TPSA) is 36.0 Å². The highest BCUT2D eigenvalue weighted by molar-refractivity contribution is 5.69. The molecule has 2 aromatic rings. The Hall–Kier alpha value is -2.53. The molecule has 33 heavy (non-hydrogen) atoms. The number of hydrogen-bond donors (Lipinski definition) is 0. The van der Waals surface area contributed by atoms with E-state index in [1.54, 1.807) is 0 Å². The fourth-order valence-electron chi connectivity index (χ4n) is 5.25. The minimum Gasteiger partial charge on any atom is -0.445 e. The number of amides is 1. The second-order valence-electron chi connectivity index (χ2n) is 9.35. The number of nitrogens with zero attached hydrogens (tertiary/aromatic N) is 3. The summed E-state index contributed by atoms with van der Waals surface area (Å²) in [4.78, 5) is 20.2. The van der Waals surface area contributed by atoms with Crippen molar-refractivity contribution in [3.8, 4) is 0 Å². The standard InChI is InChI=1S/C28H39N3O2/c1-3-15-29-17-19-30(20-18-29)25-14-13-24-11-8-12-27(26(24)21-25)31(16-4-2)28(32)33-22-23-9-6-5-7-10-23/h5-7,9-10,13-14,21,27H,3-4,8,11-12,15-20,22H2,1-2H3. The molecule has 0 spiro atoms. The maximum Gasteiger partial charge on any atom is 0.410 e. The Morgan fingerprint density at radius 2 is 1.82 bits per heavy atom. The molecule has 1 amide bonds. The number of carbonyl (C=O) groups excluding carboxylic acids is 1. The van der Waals surface area contributed by atoms with E-state index in [0.29, 0.717) is 6.61 Å². The molecular weight excluding hydrogens is 410 g/mol. The molecular formula is C28H39N3O2. The van der Waals surface area contributed by atoms with E-state index in [-0.39, 0.29) is 12.1 Å². The number of hydrogen-bond acceptors (Lipinski definition) is 4. The number of ether oxygens (including phenoxy) is 1. The smallest absolute Gasteiger partial charge is 0.410 e. The van der Waals surface area contributed by atoms with Gasteiger partial charge in [0.2, 0.25) is 0 Å². The lowest BCUT2D eigenvalue weighted by molar-refractivity contribution is 0.0763. The van der Waals surface area contributed by atoms with Gasteiger partial charge in [0.1, 0.15) is 6.61 Å². The van der Waals surface area contributed by atoms with Crippen molar-refractivity contribution in [1.82, 2.24) is 9.80 Å². The van der Waals surface area contributed by atoms with Crippen LogP contribution in [0.15, 0.2) is 48.5 Å². The van der Waals surface area contributed by atoms with Crippen molar-refractivity contribution >= 4 is 11.8 Å². The minimum absolute atomic E-state index is 0.0957. The van der Waals surface area contributed by atoms with E-state index >= 15 is 0 Å². The summed E-state index contributed by atoms with van der Waals surface area (Å²) in [6.07, 6.45) is 5.15. The molecule has 5 nitrogen and oxygen atoms in total. The van der Waals surface area contributed by atoms with Crippen molar-refractivity contribution in [1.29, 1.82) is 0 Å². The predicted octanol–water partition coefficient (Wildman–Crippen LogP) is 5.64. The zero-order chi connectivity index (χ0) is 23.0. The van der Waals surface area contributed by atoms with Gasteiger partial charge >= 0.3 is 6.09 Å². The van der Waals surface area contributed by atoms with E-state index in [2.05, 4.69) is 41.8 Å². The molecule has 0 aromatic heterocycles. The number of benzene rings is 2. The second kappa shape index (κ2) is 11.6. The normalized spacial score (nSPS) is 18.6. The van der Waals surface area contributed by atoms with Crippen LogP contribution in [0.3, 0.4) is 0 Å². The van der Waals surface area contributed by atoms with Crippen LogP contribution in [-0.4, -0.2) is 55.2 Å². The highest BCUT2D eigenvalue weighted by Gasteiger charge is 2.30. The quantitative estimate of drug-likeness (QED) is 0.522.